The summed E-state index contributed by atoms with van der Waals surface area (Å²) in [5.74, 6) is 2.27. The van der Waals surface area contributed by atoms with Crippen LogP contribution in [0.15, 0.2) is 15.4 Å². The van der Waals surface area contributed by atoms with Gasteiger partial charge in [-0.2, -0.15) is 0 Å². The second-order valence-corrected chi connectivity index (χ2v) is 9.99. The van der Waals surface area contributed by atoms with E-state index < -0.39 is 0 Å². The lowest BCUT2D eigenvalue weighted by Crippen LogP contribution is -2.15. The number of amides is 1. The van der Waals surface area contributed by atoms with Crippen molar-refractivity contribution in [2.75, 3.05) is 11.1 Å². The summed E-state index contributed by atoms with van der Waals surface area (Å²) in [5, 5.41) is 7.37. The summed E-state index contributed by atoms with van der Waals surface area (Å²) < 4.78 is 5.26. The Bertz CT molecular complexity index is 1090. The number of aryl methyl sites for hydroxylation is 2. The van der Waals surface area contributed by atoms with Crippen LogP contribution < -0.4 is 10.9 Å². The lowest BCUT2D eigenvalue weighted by molar-refractivity contribution is -0.113. The Kier molecular flexibility index (Phi) is 5.05. The van der Waals surface area contributed by atoms with Crippen molar-refractivity contribution in [3.8, 4) is 0 Å². The summed E-state index contributed by atoms with van der Waals surface area (Å²) in [5.41, 5.74) is 0.944. The number of thiophene rings is 1. The van der Waals surface area contributed by atoms with E-state index in [-0.39, 0.29) is 22.6 Å². The Morgan fingerprint density at radius 2 is 2.21 bits per heavy atom. The van der Waals surface area contributed by atoms with Crippen molar-refractivity contribution < 1.29 is 9.32 Å². The highest BCUT2D eigenvalue weighted by Crippen LogP contribution is 2.34. The summed E-state index contributed by atoms with van der Waals surface area (Å²) in [4.78, 5) is 34.1. The zero-order chi connectivity index (χ0) is 19.9. The van der Waals surface area contributed by atoms with Gasteiger partial charge in [0.25, 0.3) is 5.56 Å². The van der Waals surface area contributed by atoms with Gasteiger partial charge in [0.1, 0.15) is 16.4 Å². The number of H-pyrrole nitrogens is 1. The Morgan fingerprint density at radius 3 is 2.96 bits per heavy atom. The van der Waals surface area contributed by atoms with Crippen LogP contribution in [0.1, 0.15) is 49.2 Å². The van der Waals surface area contributed by atoms with Gasteiger partial charge < -0.3 is 14.8 Å². The van der Waals surface area contributed by atoms with Crippen LogP contribution in [0.5, 0.6) is 0 Å². The van der Waals surface area contributed by atoms with Crippen molar-refractivity contribution in [2.24, 2.45) is 0 Å². The van der Waals surface area contributed by atoms with Crippen LogP contribution in [-0.4, -0.2) is 26.8 Å². The van der Waals surface area contributed by atoms with Crippen LogP contribution in [0.25, 0.3) is 10.2 Å². The molecule has 4 rings (SSSR count). The van der Waals surface area contributed by atoms with Crippen molar-refractivity contribution in [3.63, 3.8) is 0 Å². The fraction of sp³-hybridized carbons (Fsp3) is 0.474. The van der Waals surface area contributed by atoms with Gasteiger partial charge in [0.2, 0.25) is 5.91 Å². The molecule has 1 aliphatic rings. The average molecular weight is 419 g/mol. The Balaban J connectivity index is 1.35. The molecule has 0 radical (unpaired) electrons. The summed E-state index contributed by atoms with van der Waals surface area (Å²) in [6, 6.07) is 1.74. The van der Waals surface area contributed by atoms with E-state index in [4.69, 9.17) is 4.52 Å². The lowest BCUT2D eigenvalue weighted by Gasteiger charge is -2.12. The maximum Gasteiger partial charge on any atom is 0.259 e. The van der Waals surface area contributed by atoms with Crippen LogP contribution in [0.3, 0.4) is 0 Å². The molecule has 3 aromatic heterocycles. The van der Waals surface area contributed by atoms with E-state index in [1.54, 1.807) is 17.4 Å². The predicted octanol–water partition coefficient (Wildman–Crippen LogP) is 3.63. The third kappa shape index (κ3) is 3.86. The lowest BCUT2D eigenvalue weighted by atomic mass is 9.93. The fourth-order valence-corrected chi connectivity index (χ4v) is 5.19. The van der Waals surface area contributed by atoms with Crippen molar-refractivity contribution in [2.45, 2.75) is 51.2 Å². The minimum atomic E-state index is -0.169. The smallest absolute Gasteiger partial charge is 0.259 e. The Labute approximate surface area is 170 Å². The number of carbonyl (C=O) groups excluding carboxylic acids is 1. The number of hydrogen-bond donors (Lipinski definition) is 2. The first-order chi connectivity index (χ1) is 13.3. The highest BCUT2D eigenvalue weighted by Gasteiger charge is 2.22. The van der Waals surface area contributed by atoms with Crippen LogP contribution >= 0.6 is 23.1 Å². The fourth-order valence-electron chi connectivity index (χ4n) is 3.22. The van der Waals surface area contributed by atoms with Crippen LogP contribution in [0, 0.1) is 0 Å². The number of carbonyl (C=O) groups is 1. The first kappa shape index (κ1) is 19.2. The third-order valence-corrected chi connectivity index (χ3v) is 6.74. The van der Waals surface area contributed by atoms with Crippen molar-refractivity contribution >= 4 is 45.0 Å². The molecule has 1 amide bonds. The number of fused-ring (bicyclic) bond motifs is 3. The van der Waals surface area contributed by atoms with Gasteiger partial charge in [-0.1, -0.05) is 25.9 Å². The van der Waals surface area contributed by atoms with E-state index in [9.17, 15) is 9.59 Å². The molecular weight excluding hydrogens is 396 g/mol. The number of rotatable bonds is 5. The van der Waals surface area contributed by atoms with Crippen LogP contribution in [0.2, 0.25) is 0 Å². The van der Waals surface area contributed by atoms with Gasteiger partial charge in [-0.25, -0.2) is 4.98 Å². The van der Waals surface area contributed by atoms with E-state index in [0.29, 0.717) is 23.2 Å². The second-order valence-electron chi connectivity index (χ2n) is 7.92. The van der Waals surface area contributed by atoms with Gasteiger partial charge in [0, 0.05) is 16.4 Å². The van der Waals surface area contributed by atoms with Gasteiger partial charge >= 0.3 is 0 Å². The largest absolute Gasteiger partial charge is 0.359 e. The topological polar surface area (TPSA) is 101 Å². The van der Waals surface area contributed by atoms with Gasteiger partial charge in [-0.15, -0.1) is 23.1 Å². The van der Waals surface area contributed by atoms with E-state index in [1.165, 1.54) is 22.2 Å². The number of hydrogen-bond acceptors (Lipinski definition) is 7. The van der Waals surface area contributed by atoms with Gasteiger partial charge in [0.15, 0.2) is 5.82 Å². The van der Waals surface area contributed by atoms with Crippen LogP contribution in [-0.2, 0) is 28.8 Å². The minimum Gasteiger partial charge on any atom is -0.359 e. The first-order valence-electron chi connectivity index (χ1n) is 9.19. The predicted molar refractivity (Wildman–Crippen MR) is 112 cm³/mol. The maximum absolute atomic E-state index is 12.4. The molecule has 0 fully saturated rings. The monoisotopic (exact) mass is 418 g/mol. The van der Waals surface area contributed by atoms with Crippen LogP contribution in [0.4, 0.5) is 5.82 Å². The molecule has 0 unspecified atom stereocenters. The number of anilines is 1. The Hall–Kier alpha value is -2.13. The van der Waals surface area contributed by atoms with Gasteiger partial charge in [0.05, 0.1) is 16.9 Å². The molecule has 0 saturated heterocycles. The van der Waals surface area contributed by atoms with Crippen molar-refractivity contribution in [1.29, 1.82) is 0 Å². The number of thioether (sulfide) groups is 1. The number of nitrogens with one attached hydrogen (secondary N) is 2. The molecule has 28 heavy (non-hydrogen) atoms. The quantitative estimate of drug-likeness (QED) is 0.656. The highest BCUT2D eigenvalue weighted by atomic mass is 32.2. The molecular formula is C19H22N4O3S2. The highest BCUT2D eigenvalue weighted by molar-refractivity contribution is 7.99. The standard InChI is InChI=1S/C19H22N4O3S2/c1-19(2,3)12-7-13(23-26-12)20-15(24)9-27-8-14-21-17(25)16-10-5-4-6-11(10)28-18(16)22-14/h7H,4-6,8-9H2,1-3H3,(H,20,23,24)(H,21,22,25). The van der Waals surface area contributed by atoms with E-state index in [0.717, 1.165) is 29.5 Å². The molecule has 1 aliphatic carbocycles. The normalized spacial score (nSPS) is 13.8. The molecule has 0 saturated carbocycles. The molecule has 148 valence electrons. The third-order valence-electron chi connectivity index (χ3n) is 4.61. The molecule has 0 atom stereocenters. The molecule has 3 heterocycles. The average Bonchev–Trinajstić information content (AvgIpc) is 3.29. The van der Waals surface area contributed by atoms with E-state index in [2.05, 4.69) is 20.4 Å². The molecule has 0 aromatic carbocycles. The summed E-state index contributed by atoms with van der Waals surface area (Å²) in [7, 11) is 0. The Morgan fingerprint density at radius 1 is 1.39 bits per heavy atom. The van der Waals surface area contributed by atoms with Crippen molar-refractivity contribution in [1.82, 2.24) is 15.1 Å². The second kappa shape index (κ2) is 7.36. The SMILES string of the molecule is CC(C)(C)c1cc(NC(=O)CSCc2nc3sc4c(c3c(=O)[nH]2)CCC4)no1. The first-order valence-corrected chi connectivity index (χ1v) is 11.2. The molecule has 3 aromatic rings. The van der Waals surface area contributed by atoms with Gasteiger partial charge in [-0.05, 0) is 24.8 Å². The summed E-state index contributed by atoms with van der Waals surface area (Å²) >= 11 is 3.02. The van der Waals surface area contributed by atoms with Gasteiger partial charge in [-0.3, -0.25) is 9.59 Å². The summed E-state index contributed by atoms with van der Waals surface area (Å²) in [6.07, 6.45) is 3.12. The molecule has 0 spiro atoms. The maximum atomic E-state index is 12.4. The molecule has 0 aliphatic heterocycles. The number of aromatic nitrogens is 3. The molecule has 7 nitrogen and oxygen atoms in total. The zero-order valence-electron chi connectivity index (χ0n) is 16.0. The minimum absolute atomic E-state index is 0.0678. The molecule has 9 heteroatoms. The number of aromatic amines is 1. The molecule has 0 bridgehead atoms. The summed E-state index contributed by atoms with van der Waals surface area (Å²) in [6.45, 7) is 6.05. The van der Waals surface area contributed by atoms with E-state index in [1.807, 2.05) is 20.8 Å². The van der Waals surface area contributed by atoms with Crippen molar-refractivity contribution in [3.05, 3.63) is 38.4 Å². The molecule has 2 N–H and O–H groups in total. The van der Waals surface area contributed by atoms with E-state index >= 15 is 0 Å². The zero-order valence-corrected chi connectivity index (χ0v) is 17.7. The number of nitrogens with zero attached hydrogens (tertiary/aromatic N) is 2.